The molecule has 0 unspecified atom stereocenters. The third-order valence-corrected chi connectivity index (χ3v) is 5.74. The highest BCUT2D eigenvalue weighted by Gasteiger charge is 2.22. The lowest BCUT2D eigenvalue weighted by Crippen LogP contribution is -2.32. The van der Waals surface area contributed by atoms with Crippen LogP contribution in [0.25, 0.3) is 21.5 Å². The number of hydrogen-bond donors (Lipinski definition) is 2. The fraction of sp³-hybridized carbons (Fsp3) is 0.263. The molecule has 0 bridgehead atoms. The summed E-state index contributed by atoms with van der Waals surface area (Å²) in [4.78, 5) is 18.4. The van der Waals surface area contributed by atoms with Gasteiger partial charge in [-0.15, -0.1) is 11.3 Å². The Balaban J connectivity index is 1.66. The molecule has 0 radical (unpaired) electrons. The number of aromatic nitrogens is 1. The predicted octanol–water partition coefficient (Wildman–Crippen LogP) is 4.36. The normalized spacial score (nSPS) is 14.9. The number of carbonyl (C=O) groups is 1. The van der Waals surface area contributed by atoms with Gasteiger partial charge in [0.15, 0.2) is 0 Å². The van der Waals surface area contributed by atoms with Gasteiger partial charge in [0.1, 0.15) is 15.5 Å². The highest BCUT2D eigenvalue weighted by atomic mass is 32.1. The molecular weight excluding hydrogens is 337 g/mol. The van der Waals surface area contributed by atoms with Gasteiger partial charge in [0.05, 0.1) is 11.4 Å². The summed E-state index contributed by atoms with van der Waals surface area (Å²) >= 11 is 1.31. The summed E-state index contributed by atoms with van der Waals surface area (Å²) in [7, 11) is 0. The third-order valence-electron chi connectivity index (χ3n) is 4.63. The molecule has 0 atom stereocenters. The molecule has 0 saturated heterocycles. The number of halogens is 1. The first-order valence-corrected chi connectivity index (χ1v) is 9.19. The number of nitrogens with one attached hydrogen (secondary N) is 1. The average Bonchev–Trinajstić information content (AvgIpc) is 3.23. The molecule has 3 aromatic rings. The van der Waals surface area contributed by atoms with Gasteiger partial charge < -0.3 is 11.1 Å². The molecule has 1 aromatic carbocycles. The van der Waals surface area contributed by atoms with Crippen LogP contribution in [0.4, 0.5) is 10.1 Å². The molecule has 4 rings (SSSR count). The summed E-state index contributed by atoms with van der Waals surface area (Å²) < 4.78 is 13.1. The molecule has 2 heterocycles. The van der Waals surface area contributed by atoms with Gasteiger partial charge in [-0.1, -0.05) is 12.8 Å². The van der Waals surface area contributed by atoms with E-state index in [2.05, 4.69) is 10.3 Å². The molecule has 25 heavy (non-hydrogen) atoms. The lowest BCUT2D eigenvalue weighted by molar-refractivity contribution is 0.0943. The van der Waals surface area contributed by atoms with E-state index in [1.54, 1.807) is 12.1 Å². The summed E-state index contributed by atoms with van der Waals surface area (Å²) in [6.45, 7) is 0. The van der Waals surface area contributed by atoms with Crippen molar-refractivity contribution in [2.75, 3.05) is 5.73 Å². The van der Waals surface area contributed by atoms with Crippen LogP contribution >= 0.6 is 11.3 Å². The molecule has 3 N–H and O–H groups in total. The molecule has 0 spiro atoms. The minimum atomic E-state index is -0.281. The van der Waals surface area contributed by atoms with Crippen molar-refractivity contribution in [2.24, 2.45) is 0 Å². The molecule has 6 heteroatoms. The second-order valence-corrected chi connectivity index (χ2v) is 7.35. The number of fused-ring (bicyclic) bond motifs is 1. The van der Waals surface area contributed by atoms with Crippen LogP contribution < -0.4 is 11.1 Å². The predicted molar refractivity (Wildman–Crippen MR) is 99.1 cm³/mol. The molecule has 1 amide bonds. The SMILES string of the molecule is Nc1c(C(=O)NC2CCCC2)sc2nc(-c3ccc(F)cc3)ccc12. The number of hydrogen-bond acceptors (Lipinski definition) is 4. The summed E-state index contributed by atoms with van der Waals surface area (Å²) in [6, 6.07) is 10.2. The summed E-state index contributed by atoms with van der Waals surface area (Å²) in [5.74, 6) is -0.396. The lowest BCUT2D eigenvalue weighted by atomic mass is 10.1. The van der Waals surface area contributed by atoms with E-state index in [9.17, 15) is 9.18 Å². The van der Waals surface area contributed by atoms with E-state index in [0.29, 0.717) is 10.6 Å². The van der Waals surface area contributed by atoms with Crippen molar-refractivity contribution >= 4 is 33.1 Å². The maximum Gasteiger partial charge on any atom is 0.263 e. The minimum absolute atomic E-state index is 0.115. The van der Waals surface area contributed by atoms with E-state index in [1.807, 2.05) is 12.1 Å². The van der Waals surface area contributed by atoms with Gasteiger partial charge >= 0.3 is 0 Å². The number of thiophene rings is 1. The van der Waals surface area contributed by atoms with Gasteiger partial charge in [0.25, 0.3) is 5.91 Å². The Labute approximate surface area is 148 Å². The fourth-order valence-corrected chi connectivity index (χ4v) is 4.27. The van der Waals surface area contributed by atoms with Crippen LogP contribution in [0.3, 0.4) is 0 Å². The Morgan fingerprint density at radius 3 is 2.60 bits per heavy atom. The second-order valence-electron chi connectivity index (χ2n) is 6.36. The standard InChI is InChI=1S/C19H18FN3OS/c20-12-7-5-11(6-8-12)15-10-9-14-16(21)17(25-19(14)23-15)18(24)22-13-3-1-2-4-13/h5-10,13H,1-4,21H2,(H,22,24). The second kappa shape index (κ2) is 6.44. The van der Waals surface area contributed by atoms with Gasteiger partial charge in [-0.2, -0.15) is 0 Å². The Bertz CT molecular complexity index is 930. The van der Waals surface area contributed by atoms with Gasteiger partial charge in [0.2, 0.25) is 0 Å². The number of nitrogen functional groups attached to an aromatic ring is 1. The van der Waals surface area contributed by atoms with Crippen molar-refractivity contribution in [3.8, 4) is 11.3 Å². The van der Waals surface area contributed by atoms with Crippen molar-refractivity contribution in [1.82, 2.24) is 10.3 Å². The largest absolute Gasteiger partial charge is 0.397 e. The quantitative estimate of drug-likeness (QED) is 0.734. The monoisotopic (exact) mass is 355 g/mol. The van der Waals surface area contributed by atoms with Crippen molar-refractivity contribution < 1.29 is 9.18 Å². The minimum Gasteiger partial charge on any atom is -0.397 e. The van der Waals surface area contributed by atoms with E-state index < -0.39 is 0 Å². The first-order chi connectivity index (χ1) is 12.1. The van der Waals surface area contributed by atoms with Crippen LogP contribution in [0.15, 0.2) is 36.4 Å². The van der Waals surface area contributed by atoms with Crippen LogP contribution in [0, 0.1) is 5.82 Å². The Hall–Kier alpha value is -2.47. The van der Waals surface area contributed by atoms with Crippen molar-refractivity contribution in [3.63, 3.8) is 0 Å². The number of nitrogens with zero attached hydrogens (tertiary/aromatic N) is 1. The van der Waals surface area contributed by atoms with E-state index in [4.69, 9.17) is 5.73 Å². The molecule has 2 aromatic heterocycles. The summed E-state index contributed by atoms with van der Waals surface area (Å²) in [5, 5.41) is 3.86. The molecule has 4 nitrogen and oxygen atoms in total. The maximum atomic E-state index is 13.1. The van der Waals surface area contributed by atoms with Crippen LogP contribution in [0.1, 0.15) is 35.4 Å². The van der Waals surface area contributed by atoms with Crippen LogP contribution in [-0.2, 0) is 0 Å². The Morgan fingerprint density at radius 2 is 1.88 bits per heavy atom. The molecule has 128 valence electrons. The van der Waals surface area contributed by atoms with Gasteiger partial charge in [-0.25, -0.2) is 9.37 Å². The zero-order valence-electron chi connectivity index (χ0n) is 13.6. The smallest absolute Gasteiger partial charge is 0.263 e. The number of pyridine rings is 1. The van der Waals surface area contributed by atoms with Gasteiger partial charge in [-0.3, -0.25) is 4.79 Å². The number of carbonyl (C=O) groups excluding carboxylic acids is 1. The van der Waals surface area contributed by atoms with Crippen molar-refractivity contribution in [1.29, 1.82) is 0 Å². The van der Waals surface area contributed by atoms with Crippen molar-refractivity contribution in [2.45, 2.75) is 31.7 Å². The number of nitrogens with two attached hydrogens (primary N) is 1. The van der Waals surface area contributed by atoms with Crippen molar-refractivity contribution in [3.05, 3.63) is 47.1 Å². The molecule has 1 aliphatic carbocycles. The summed E-state index contributed by atoms with van der Waals surface area (Å²) in [6.07, 6.45) is 4.39. The van der Waals surface area contributed by atoms with Crippen LogP contribution in [0.5, 0.6) is 0 Å². The van der Waals surface area contributed by atoms with Crippen LogP contribution in [-0.4, -0.2) is 16.9 Å². The molecule has 1 fully saturated rings. The summed E-state index contributed by atoms with van der Waals surface area (Å²) in [5.41, 5.74) is 8.22. The van der Waals surface area contributed by atoms with Gasteiger partial charge in [-0.05, 0) is 49.2 Å². The highest BCUT2D eigenvalue weighted by molar-refractivity contribution is 7.21. The Kier molecular flexibility index (Phi) is 4.13. The molecule has 1 saturated carbocycles. The highest BCUT2D eigenvalue weighted by Crippen LogP contribution is 2.34. The molecule has 0 aliphatic heterocycles. The first kappa shape index (κ1) is 16.0. The number of rotatable bonds is 3. The zero-order chi connectivity index (χ0) is 17.4. The molecule has 1 aliphatic rings. The maximum absolute atomic E-state index is 13.1. The third kappa shape index (κ3) is 3.09. The van der Waals surface area contributed by atoms with E-state index in [0.717, 1.165) is 47.2 Å². The lowest BCUT2D eigenvalue weighted by Gasteiger charge is -2.10. The van der Waals surface area contributed by atoms with E-state index in [-0.39, 0.29) is 17.8 Å². The van der Waals surface area contributed by atoms with E-state index >= 15 is 0 Å². The first-order valence-electron chi connectivity index (χ1n) is 8.37. The number of amides is 1. The van der Waals surface area contributed by atoms with Crippen LogP contribution in [0.2, 0.25) is 0 Å². The zero-order valence-corrected chi connectivity index (χ0v) is 14.4. The number of benzene rings is 1. The average molecular weight is 355 g/mol. The van der Waals surface area contributed by atoms with E-state index in [1.165, 1.54) is 23.5 Å². The Morgan fingerprint density at radius 1 is 1.16 bits per heavy atom. The fourth-order valence-electron chi connectivity index (χ4n) is 3.27. The molecular formula is C19H18FN3OS. The van der Waals surface area contributed by atoms with Gasteiger partial charge in [0, 0.05) is 17.0 Å². The number of anilines is 1. The topological polar surface area (TPSA) is 68.0 Å².